The molecule has 3 aliphatic heterocycles. The largest absolute Gasteiger partial charge is 0.369 e. The third kappa shape index (κ3) is 5.02. The van der Waals surface area contributed by atoms with E-state index >= 15 is 0 Å². The van der Waals surface area contributed by atoms with Crippen LogP contribution in [0.5, 0.6) is 0 Å². The number of hydrogen-bond donors (Lipinski definition) is 1. The summed E-state index contributed by atoms with van der Waals surface area (Å²) in [6, 6.07) is 5.33. The smallest absolute Gasteiger partial charge is 0.249 e. The first kappa shape index (κ1) is 26.2. The molecule has 3 heterocycles. The fourth-order valence-corrected chi connectivity index (χ4v) is 7.13. The fourth-order valence-electron chi connectivity index (χ4n) is 7.13. The van der Waals surface area contributed by atoms with Gasteiger partial charge in [0.05, 0.1) is 12.0 Å². The van der Waals surface area contributed by atoms with E-state index in [0.717, 1.165) is 76.1 Å². The number of piperazine rings is 1. The number of nitrogens with zero attached hydrogens (tertiary/aromatic N) is 3. The maximum absolute atomic E-state index is 14.5. The van der Waals surface area contributed by atoms with Crippen LogP contribution in [0.2, 0.25) is 0 Å². The van der Waals surface area contributed by atoms with E-state index in [4.69, 9.17) is 10.5 Å². The van der Waals surface area contributed by atoms with Gasteiger partial charge in [-0.2, -0.15) is 0 Å². The molecule has 2 amide bonds. The van der Waals surface area contributed by atoms with E-state index in [1.807, 2.05) is 12.1 Å². The SMILES string of the molecule is CC[C@@H]1CN(C(=O)[C@H](c2cc(N3CCN(CC)CC3)ccc2C(N)=O)C2CCCCC2)[C@@H]2C(=O)CO[C@H]12. The number of nitrogens with two attached hydrogens (primary N) is 1. The van der Waals surface area contributed by atoms with E-state index in [1.165, 1.54) is 6.42 Å². The predicted molar refractivity (Wildman–Crippen MR) is 143 cm³/mol. The van der Waals surface area contributed by atoms with Crippen LogP contribution in [0.15, 0.2) is 18.2 Å². The Bertz CT molecular complexity index is 1020. The molecule has 0 bridgehead atoms. The van der Waals surface area contributed by atoms with Crippen molar-refractivity contribution < 1.29 is 19.1 Å². The van der Waals surface area contributed by atoms with E-state index in [-0.39, 0.29) is 36.2 Å². The zero-order valence-corrected chi connectivity index (χ0v) is 22.4. The summed E-state index contributed by atoms with van der Waals surface area (Å²) in [5, 5.41) is 0. The molecule has 0 radical (unpaired) electrons. The number of primary amides is 1. The van der Waals surface area contributed by atoms with Crippen LogP contribution in [-0.4, -0.2) is 85.4 Å². The van der Waals surface area contributed by atoms with Gasteiger partial charge in [-0.05, 0) is 55.5 Å². The number of likely N-dealkylation sites (tertiary alicyclic amines) is 1. The number of amides is 2. The second-order valence-corrected chi connectivity index (χ2v) is 11.3. The summed E-state index contributed by atoms with van der Waals surface area (Å²) in [6.07, 6.45) is 5.84. The van der Waals surface area contributed by atoms with E-state index < -0.39 is 17.9 Å². The maximum atomic E-state index is 14.5. The van der Waals surface area contributed by atoms with Gasteiger partial charge in [0.25, 0.3) is 0 Å². The number of ether oxygens (including phenoxy) is 1. The molecule has 1 aromatic rings. The zero-order valence-electron chi connectivity index (χ0n) is 22.4. The molecule has 4 atom stereocenters. The molecule has 8 heteroatoms. The number of Topliss-reactive ketones (excluding diaryl/α,β-unsaturated/α-hetero) is 1. The highest BCUT2D eigenvalue weighted by Crippen LogP contribution is 2.43. The molecule has 1 aromatic carbocycles. The second kappa shape index (κ2) is 11.1. The highest BCUT2D eigenvalue weighted by molar-refractivity contribution is 5.99. The Morgan fingerprint density at radius 3 is 2.46 bits per heavy atom. The number of benzene rings is 1. The normalized spacial score (nSPS) is 27.9. The lowest BCUT2D eigenvalue weighted by Crippen LogP contribution is -2.47. The van der Waals surface area contributed by atoms with Gasteiger partial charge >= 0.3 is 0 Å². The first-order valence-electron chi connectivity index (χ1n) is 14.3. The summed E-state index contributed by atoms with van der Waals surface area (Å²) in [5.74, 6) is -0.741. The minimum atomic E-state index is -0.508. The zero-order chi connectivity index (χ0) is 26.1. The first-order chi connectivity index (χ1) is 17.9. The fraction of sp³-hybridized carbons (Fsp3) is 0.690. The molecule has 0 unspecified atom stereocenters. The van der Waals surface area contributed by atoms with Crippen LogP contribution in [0.4, 0.5) is 5.69 Å². The van der Waals surface area contributed by atoms with Gasteiger partial charge < -0.3 is 25.2 Å². The Labute approximate surface area is 220 Å². The standard InChI is InChI=1S/C29H42N4O4/c1-3-19-17-33(26-24(34)18-37-27(19)26)29(36)25(20-8-6-5-7-9-20)23-16-21(10-11-22(23)28(30)35)32-14-12-31(4-2)13-15-32/h10-11,16,19-20,25-27H,3-9,12-15,17-18H2,1-2H3,(H2,30,35)/t19-,25+,26-,27-/m1/s1. The van der Waals surface area contributed by atoms with Crippen LogP contribution in [0.3, 0.4) is 0 Å². The number of anilines is 1. The summed E-state index contributed by atoms with van der Waals surface area (Å²) < 4.78 is 5.85. The molecule has 202 valence electrons. The lowest BCUT2D eigenvalue weighted by Gasteiger charge is -2.37. The van der Waals surface area contributed by atoms with E-state index in [9.17, 15) is 14.4 Å². The van der Waals surface area contributed by atoms with Crippen LogP contribution in [0.1, 0.15) is 74.2 Å². The third-order valence-corrected chi connectivity index (χ3v) is 9.31. The number of hydrogen-bond acceptors (Lipinski definition) is 6. The van der Waals surface area contributed by atoms with Gasteiger partial charge in [-0.3, -0.25) is 14.4 Å². The molecular formula is C29H42N4O4. The van der Waals surface area contributed by atoms with Crippen molar-refractivity contribution in [1.82, 2.24) is 9.80 Å². The van der Waals surface area contributed by atoms with Crippen molar-refractivity contribution in [3.05, 3.63) is 29.3 Å². The monoisotopic (exact) mass is 510 g/mol. The molecule has 0 aromatic heterocycles. The van der Waals surface area contributed by atoms with Crippen molar-refractivity contribution in [2.24, 2.45) is 17.6 Å². The molecule has 0 spiro atoms. The van der Waals surface area contributed by atoms with Gasteiger partial charge in [-0.15, -0.1) is 0 Å². The highest BCUT2D eigenvalue weighted by Gasteiger charge is 2.53. The molecule has 3 saturated heterocycles. The number of carbonyl (C=O) groups is 3. The summed E-state index contributed by atoms with van der Waals surface area (Å²) in [4.78, 5) is 46.6. The predicted octanol–water partition coefficient (Wildman–Crippen LogP) is 2.80. The average Bonchev–Trinajstić information content (AvgIpc) is 3.49. The van der Waals surface area contributed by atoms with Crippen LogP contribution in [-0.2, 0) is 14.3 Å². The van der Waals surface area contributed by atoms with Crippen molar-refractivity contribution in [2.75, 3.05) is 50.8 Å². The van der Waals surface area contributed by atoms with Crippen molar-refractivity contribution in [3.63, 3.8) is 0 Å². The molecule has 8 nitrogen and oxygen atoms in total. The minimum Gasteiger partial charge on any atom is -0.369 e. The number of likely N-dealkylation sites (N-methyl/N-ethyl adjacent to an activating group) is 1. The van der Waals surface area contributed by atoms with Gasteiger partial charge in [0, 0.05) is 49.9 Å². The van der Waals surface area contributed by atoms with Gasteiger partial charge in [0.15, 0.2) is 5.78 Å². The summed E-state index contributed by atoms with van der Waals surface area (Å²) in [5.41, 5.74) is 8.10. The number of carbonyl (C=O) groups excluding carboxylic acids is 3. The summed E-state index contributed by atoms with van der Waals surface area (Å²) in [7, 11) is 0. The average molecular weight is 511 g/mol. The first-order valence-corrected chi connectivity index (χ1v) is 14.3. The lowest BCUT2D eigenvalue weighted by molar-refractivity contribution is -0.139. The molecule has 5 rings (SSSR count). The number of rotatable bonds is 7. The van der Waals surface area contributed by atoms with Crippen LogP contribution < -0.4 is 10.6 Å². The van der Waals surface area contributed by atoms with Crippen molar-refractivity contribution in [1.29, 1.82) is 0 Å². The van der Waals surface area contributed by atoms with Crippen LogP contribution in [0.25, 0.3) is 0 Å². The lowest BCUT2D eigenvalue weighted by atomic mass is 9.74. The maximum Gasteiger partial charge on any atom is 0.249 e. The molecule has 4 aliphatic rings. The molecule has 1 saturated carbocycles. The van der Waals surface area contributed by atoms with Crippen LogP contribution >= 0.6 is 0 Å². The van der Waals surface area contributed by atoms with Crippen LogP contribution in [0, 0.1) is 11.8 Å². The minimum absolute atomic E-state index is 0.00522. The Kier molecular flexibility index (Phi) is 7.86. The third-order valence-electron chi connectivity index (χ3n) is 9.31. The van der Waals surface area contributed by atoms with E-state index in [2.05, 4.69) is 29.7 Å². The van der Waals surface area contributed by atoms with Crippen molar-refractivity contribution in [2.45, 2.75) is 70.4 Å². The molecule has 4 fully saturated rings. The summed E-state index contributed by atoms with van der Waals surface area (Å²) in [6.45, 7) is 9.72. The van der Waals surface area contributed by atoms with Gasteiger partial charge in [0.1, 0.15) is 12.6 Å². The van der Waals surface area contributed by atoms with E-state index in [0.29, 0.717) is 12.1 Å². The number of fused-ring (bicyclic) bond motifs is 1. The summed E-state index contributed by atoms with van der Waals surface area (Å²) >= 11 is 0. The Morgan fingerprint density at radius 2 is 1.81 bits per heavy atom. The molecule has 1 aliphatic carbocycles. The second-order valence-electron chi connectivity index (χ2n) is 11.3. The molecule has 37 heavy (non-hydrogen) atoms. The highest BCUT2D eigenvalue weighted by atomic mass is 16.5. The quantitative estimate of drug-likeness (QED) is 0.606. The van der Waals surface area contributed by atoms with Crippen molar-refractivity contribution >= 4 is 23.3 Å². The Balaban J connectivity index is 1.53. The van der Waals surface area contributed by atoms with Gasteiger partial charge in [0.2, 0.25) is 11.8 Å². The Morgan fingerprint density at radius 1 is 1.08 bits per heavy atom. The number of ketones is 1. The topological polar surface area (TPSA) is 96.2 Å². The van der Waals surface area contributed by atoms with E-state index in [1.54, 1.807) is 4.90 Å². The molecule has 2 N–H and O–H groups in total. The van der Waals surface area contributed by atoms with Gasteiger partial charge in [-0.1, -0.05) is 33.1 Å². The van der Waals surface area contributed by atoms with Crippen molar-refractivity contribution in [3.8, 4) is 0 Å². The van der Waals surface area contributed by atoms with Gasteiger partial charge in [-0.25, -0.2) is 0 Å². The molecular weight excluding hydrogens is 468 g/mol. The Hall–Kier alpha value is -2.45.